The standard InChI is InChI=1S/C15H25N3O/c1-3-13(16)11-12-5-4-8-17-15(12)18-9-6-14(19-2)7-10-18/h4-5,8,13-14H,3,6-7,9-11,16H2,1-2H3. The fourth-order valence-electron chi connectivity index (χ4n) is 2.60. The van der Waals surface area contributed by atoms with Crippen molar-refractivity contribution < 1.29 is 4.74 Å². The van der Waals surface area contributed by atoms with Crippen molar-refractivity contribution in [1.82, 2.24) is 4.98 Å². The van der Waals surface area contributed by atoms with Crippen LogP contribution in [0.3, 0.4) is 0 Å². The largest absolute Gasteiger partial charge is 0.381 e. The molecule has 1 aliphatic heterocycles. The Bertz CT molecular complexity index is 389. The maximum atomic E-state index is 6.08. The molecule has 0 radical (unpaired) electrons. The van der Waals surface area contributed by atoms with Crippen molar-refractivity contribution in [3.05, 3.63) is 23.9 Å². The molecule has 0 aromatic carbocycles. The van der Waals surface area contributed by atoms with Gasteiger partial charge in [0, 0.05) is 32.4 Å². The predicted octanol–water partition coefficient (Wildman–Crippen LogP) is 1.98. The van der Waals surface area contributed by atoms with Crippen LogP contribution < -0.4 is 10.6 Å². The van der Waals surface area contributed by atoms with E-state index in [9.17, 15) is 0 Å². The Morgan fingerprint density at radius 2 is 2.21 bits per heavy atom. The van der Waals surface area contributed by atoms with Crippen LogP contribution in [-0.4, -0.2) is 37.3 Å². The first-order valence-electron chi connectivity index (χ1n) is 7.21. The molecule has 1 atom stereocenters. The van der Waals surface area contributed by atoms with Crippen molar-refractivity contribution in [3.63, 3.8) is 0 Å². The van der Waals surface area contributed by atoms with E-state index in [1.54, 1.807) is 7.11 Å². The summed E-state index contributed by atoms with van der Waals surface area (Å²) in [6.07, 6.45) is 6.34. The summed E-state index contributed by atoms with van der Waals surface area (Å²) in [6, 6.07) is 4.38. The minimum atomic E-state index is 0.222. The van der Waals surface area contributed by atoms with Gasteiger partial charge in [0.25, 0.3) is 0 Å². The third kappa shape index (κ3) is 3.67. The van der Waals surface area contributed by atoms with E-state index >= 15 is 0 Å². The van der Waals surface area contributed by atoms with Gasteiger partial charge in [-0.2, -0.15) is 0 Å². The van der Waals surface area contributed by atoms with Gasteiger partial charge in [0.05, 0.1) is 6.10 Å². The number of pyridine rings is 1. The molecule has 4 nitrogen and oxygen atoms in total. The molecular weight excluding hydrogens is 238 g/mol. The van der Waals surface area contributed by atoms with Crippen molar-refractivity contribution in [2.45, 2.75) is 44.8 Å². The van der Waals surface area contributed by atoms with Crippen LogP contribution in [0.1, 0.15) is 31.7 Å². The number of aromatic nitrogens is 1. The number of anilines is 1. The molecule has 1 fully saturated rings. The summed E-state index contributed by atoms with van der Waals surface area (Å²) in [5, 5.41) is 0. The Morgan fingerprint density at radius 3 is 2.84 bits per heavy atom. The average molecular weight is 263 g/mol. The number of ether oxygens (including phenoxy) is 1. The summed E-state index contributed by atoms with van der Waals surface area (Å²) >= 11 is 0. The highest BCUT2D eigenvalue weighted by atomic mass is 16.5. The second kappa shape index (κ2) is 6.87. The van der Waals surface area contributed by atoms with Gasteiger partial charge in [-0.1, -0.05) is 13.0 Å². The van der Waals surface area contributed by atoms with Gasteiger partial charge in [-0.25, -0.2) is 4.98 Å². The maximum absolute atomic E-state index is 6.08. The molecule has 1 saturated heterocycles. The number of hydrogen-bond acceptors (Lipinski definition) is 4. The Balaban J connectivity index is 2.07. The van der Waals surface area contributed by atoms with Crippen molar-refractivity contribution in [3.8, 4) is 0 Å². The number of piperidine rings is 1. The van der Waals surface area contributed by atoms with Gasteiger partial charge in [0.15, 0.2) is 0 Å². The lowest BCUT2D eigenvalue weighted by atomic mass is 10.0. The molecule has 1 aliphatic rings. The Hall–Kier alpha value is -1.13. The van der Waals surface area contributed by atoms with Gasteiger partial charge in [-0.15, -0.1) is 0 Å². The Morgan fingerprint density at radius 1 is 1.47 bits per heavy atom. The van der Waals surface area contributed by atoms with Gasteiger partial charge < -0.3 is 15.4 Å². The predicted molar refractivity (Wildman–Crippen MR) is 78.5 cm³/mol. The quantitative estimate of drug-likeness (QED) is 0.882. The molecule has 0 saturated carbocycles. The van der Waals surface area contributed by atoms with E-state index in [2.05, 4.69) is 22.9 Å². The zero-order valence-electron chi connectivity index (χ0n) is 12.0. The van der Waals surface area contributed by atoms with Gasteiger partial charge in [-0.3, -0.25) is 0 Å². The molecule has 1 aromatic rings. The number of nitrogens with zero attached hydrogens (tertiary/aromatic N) is 2. The number of hydrogen-bond donors (Lipinski definition) is 1. The molecule has 2 rings (SSSR count). The van der Waals surface area contributed by atoms with Crippen LogP contribution in [0.4, 0.5) is 5.82 Å². The van der Waals surface area contributed by atoms with E-state index in [4.69, 9.17) is 10.5 Å². The molecule has 1 unspecified atom stereocenters. The lowest BCUT2D eigenvalue weighted by Gasteiger charge is -2.33. The number of nitrogens with two attached hydrogens (primary N) is 1. The summed E-state index contributed by atoms with van der Waals surface area (Å²) in [6.45, 7) is 4.17. The van der Waals surface area contributed by atoms with E-state index in [1.165, 1.54) is 5.56 Å². The Kier molecular flexibility index (Phi) is 5.16. The summed E-state index contributed by atoms with van der Waals surface area (Å²) in [7, 11) is 1.80. The van der Waals surface area contributed by atoms with Gasteiger partial charge >= 0.3 is 0 Å². The SMILES string of the molecule is CCC(N)Cc1cccnc1N1CCC(OC)CC1. The summed E-state index contributed by atoms with van der Waals surface area (Å²) in [5.41, 5.74) is 7.35. The van der Waals surface area contributed by atoms with Gasteiger partial charge in [0.1, 0.15) is 5.82 Å². The molecule has 2 N–H and O–H groups in total. The fourth-order valence-corrected chi connectivity index (χ4v) is 2.60. The summed E-state index contributed by atoms with van der Waals surface area (Å²) in [5.74, 6) is 1.11. The first kappa shape index (κ1) is 14.3. The smallest absolute Gasteiger partial charge is 0.131 e. The third-order valence-electron chi connectivity index (χ3n) is 3.95. The number of rotatable bonds is 5. The molecule has 2 heterocycles. The van der Waals surface area contributed by atoms with Crippen molar-refractivity contribution in [2.75, 3.05) is 25.1 Å². The zero-order chi connectivity index (χ0) is 13.7. The van der Waals surface area contributed by atoms with Crippen LogP contribution in [0.25, 0.3) is 0 Å². The highest BCUT2D eigenvalue weighted by molar-refractivity contribution is 5.47. The first-order chi connectivity index (χ1) is 9.24. The van der Waals surface area contributed by atoms with Crippen molar-refractivity contribution >= 4 is 5.82 Å². The lowest BCUT2D eigenvalue weighted by molar-refractivity contribution is 0.0817. The molecule has 1 aromatic heterocycles. The molecule has 0 aliphatic carbocycles. The highest BCUT2D eigenvalue weighted by Gasteiger charge is 2.21. The van der Waals surface area contributed by atoms with E-state index in [-0.39, 0.29) is 6.04 Å². The van der Waals surface area contributed by atoms with E-state index in [1.807, 2.05) is 12.3 Å². The zero-order valence-corrected chi connectivity index (χ0v) is 12.0. The van der Waals surface area contributed by atoms with Crippen LogP contribution >= 0.6 is 0 Å². The van der Waals surface area contributed by atoms with Gasteiger partial charge in [-0.05, 0) is 37.3 Å². The molecular formula is C15H25N3O. The van der Waals surface area contributed by atoms with E-state index in [0.29, 0.717) is 6.10 Å². The molecule has 19 heavy (non-hydrogen) atoms. The van der Waals surface area contributed by atoms with Crippen LogP contribution in [0.2, 0.25) is 0 Å². The highest BCUT2D eigenvalue weighted by Crippen LogP contribution is 2.23. The first-order valence-corrected chi connectivity index (χ1v) is 7.21. The van der Waals surface area contributed by atoms with Crippen LogP contribution in [0, 0.1) is 0 Å². The molecule has 0 spiro atoms. The monoisotopic (exact) mass is 263 g/mol. The summed E-state index contributed by atoms with van der Waals surface area (Å²) in [4.78, 5) is 6.94. The topological polar surface area (TPSA) is 51.4 Å². The lowest BCUT2D eigenvalue weighted by Crippen LogP contribution is -2.38. The van der Waals surface area contributed by atoms with Gasteiger partial charge in [0.2, 0.25) is 0 Å². The van der Waals surface area contributed by atoms with Crippen molar-refractivity contribution in [1.29, 1.82) is 0 Å². The molecule has 0 amide bonds. The minimum absolute atomic E-state index is 0.222. The van der Waals surface area contributed by atoms with Crippen LogP contribution in [0.5, 0.6) is 0 Å². The Labute approximate surface area is 116 Å². The third-order valence-corrected chi connectivity index (χ3v) is 3.95. The second-order valence-corrected chi connectivity index (χ2v) is 5.28. The fraction of sp³-hybridized carbons (Fsp3) is 0.667. The van der Waals surface area contributed by atoms with Crippen molar-refractivity contribution in [2.24, 2.45) is 5.73 Å². The minimum Gasteiger partial charge on any atom is -0.381 e. The van der Waals surface area contributed by atoms with Crippen LogP contribution in [-0.2, 0) is 11.2 Å². The molecule has 4 heteroatoms. The normalized spacial score (nSPS) is 18.6. The number of methoxy groups -OCH3 is 1. The maximum Gasteiger partial charge on any atom is 0.131 e. The van der Waals surface area contributed by atoms with Crippen LogP contribution in [0.15, 0.2) is 18.3 Å². The molecule has 0 bridgehead atoms. The average Bonchev–Trinajstić information content (AvgIpc) is 2.48. The summed E-state index contributed by atoms with van der Waals surface area (Å²) < 4.78 is 5.42. The van der Waals surface area contributed by atoms with E-state index < -0.39 is 0 Å². The second-order valence-electron chi connectivity index (χ2n) is 5.28. The van der Waals surface area contributed by atoms with E-state index in [0.717, 1.165) is 44.6 Å². The molecule has 106 valence electrons.